The van der Waals surface area contributed by atoms with Gasteiger partial charge < -0.3 is 24.5 Å². The Morgan fingerprint density at radius 3 is 2.52 bits per heavy atom. The van der Waals surface area contributed by atoms with Crippen molar-refractivity contribution in [1.29, 1.82) is 0 Å². The van der Waals surface area contributed by atoms with Gasteiger partial charge in [-0.3, -0.25) is 9.59 Å². The van der Waals surface area contributed by atoms with Crippen LogP contribution in [0.2, 0.25) is 0 Å². The van der Waals surface area contributed by atoms with Gasteiger partial charge in [-0.05, 0) is 30.2 Å². The topological polar surface area (TPSA) is 89.8 Å². The maximum atomic E-state index is 11.8. The lowest BCUT2D eigenvalue weighted by atomic mass is 10.2. The smallest absolute Gasteiger partial charge is 0.313 e. The Hall–Kier alpha value is -2.96. The van der Waals surface area contributed by atoms with Crippen molar-refractivity contribution in [2.24, 2.45) is 0 Å². The van der Waals surface area contributed by atoms with Crippen LogP contribution in [0.15, 0.2) is 41.2 Å². The first-order chi connectivity index (χ1) is 11.1. The molecule has 0 saturated heterocycles. The molecule has 0 radical (unpaired) electrons. The maximum Gasteiger partial charge on any atom is 0.313 e. The fourth-order valence-electron chi connectivity index (χ4n) is 1.94. The molecule has 0 bridgehead atoms. The van der Waals surface area contributed by atoms with Crippen LogP contribution in [0.3, 0.4) is 0 Å². The van der Waals surface area contributed by atoms with Crippen molar-refractivity contribution in [2.75, 3.05) is 26.1 Å². The van der Waals surface area contributed by atoms with Crippen LogP contribution in [0.5, 0.6) is 11.5 Å². The molecule has 0 fully saturated rings. The van der Waals surface area contributed by atoms with Crippen molar-refractivity contribution in [3.63, 3.8) is 0 Å². The van der Waals surface area contributed by atoms with Crippen molar-refractivity contribution in [1.82, 2.24) is 5.32 Å². The molecule has 7 heteroatoms. The summed E-state index contributed by atoms with van der Waals surface area (Å²) < 4.78 is 15.2. The summed E-state index contributed by atoms with van der Waals surface area (Å²) in [5.41, 5.74) is 1.39. The van der Waals surface area contributed by atoms with Crippen LogP contribution in [0.1, 0.15) is 5.56 Å². The molecule has 1 aromatic carbocycles. The van der Waals surface area contributed by atoms with Crippen molar-refractivity contribution in [3.05, 3.63) is 42.4 Å². The van der Waals surface area contributed by atoms with Gasteiger partial charge >= 0.3 is 11.8 Å². The van der Waals surface area contributed by atoms with E-state index in [-0.39, 0.29) is 0 Å². The average Bonchev–Trinajstić information content (AvgIpc) is 3.07. The predicted molar refractivity (Wildman–Crippen MR) is 83.6 cm³/mol. The molecule has 0 aliphatic heterocycles. The zero-order valence-corrected chi connectivity index (χ0v) is 12.9. The molecule has 2 aromatic rings. The van der Waals surface area contributed by atoms with Crippen LogP contribution in [0, 0.1) is 0 Å². The fourth-order valence-corrected chi connectivity index (χ4v) is 1.94. The fraction of sp³-hybridized carbons (Fsp3) is 0.250. The van der Waals surface area contributed by atoms with Crippen molar-refractivity contribution >= 4 is 17.5 Å². The van der Waals surface area contributed by atoms with Crippen molar-refractivity contribution in [2.45, 2.75) is 6.42 Å². The second-order valence-corrected chi connectivity index (χ2v) is 4.66. The zero-order chi connectivity index (χ0) is 16.7. The molecule has 7 nitrogen and oxygen atoms in total. The molecule has 0 unspecified atom stereocenters. The molecular weight excluding hydrogens is 300 g/mol. The highest BCUT2D eigenvalue weighted by molar-refractivity contribution is 6.39. The minimum absolute atomic E-state index is 0.345. The number of ether oxygens (including phenoxy) is 2. The van der Waals surface area contributed by atoms with E-state index in [1.54, 1.807) is 36.8 Å². The van der Waals surface area contributed by atoms with Crippen LogP contribution in [-0.4, -0.2) is 32.6 Å². The molecule has 0 spiro atoms. The van der Waals surface area contributed by atoms with Gasteiger partial charge in [-0.1, -0.05) is 0 Å². The third kappa shape index (κ3) is 4.50. The Kier molecular flexibility index (Phi) is 5.62. The second kappa shape index (κ2) is 7.88. The molecule has 0 atom stereocenters. The third-order valence-electron chi connectivity index (χ3n) is 3.13. The van der Waals surface area contributed by atoms with Crippen LogP contribution in [0.25, 0.3) is 0 Å². The van der Waals surface area contributed by atoms with Gasteiger partial charge in [0, 0.05) is 18.3 Å². The van der Waals surface area contributed by atoms with Gasteiger partial charge in [0.05, 0.1) is 26.7 Å². The molecule has 0 saturated carbocycles. The first-order valence-electron chi connectivity index (χ1n) is 6.96. The van der Waals surface area contributed by atoms with E-state index in [0.717, 1.165) is 5.56 Å². The number of carbonyl (C=O) groups excluding carboxylic acids is 2. The van der Waals surface area contributed by atoms with Gasteiger partial charge in [-0.25, -0.2) is 0 Å². The number of carbonyl (C=O) groups is 2. The summed E-state index contributed by atoms with van der Waals surface area (Å²) in [7, 11) is 3.01. The SMILES string of the molecule is COc1ccc(NC(=O)C(=O)NCCc2ccoc2)cc1OC. The standard InChI is InChI=1S/C16H18N2O5/c1-21-13-4-3-12(9-14(13)22-2)18-16(20)15(19)17-7-5-11-6-8-23-10-11/h3-4,6,8-10H,5,7H2,1-2H3,(H,17,19)(H,18,20). The van der Waals surface area contributed by atoms with Gasteiger partial charge in [0.2, 0.25) is 0 Å². The van der Waals surface area contributed by atoms with Crippen molar-refractivity contribution < 1.29 is 23.5 Å². The number of hydrogen-bond donors (Lipinski definition) is 2. The van der Waals surface area contributed by atoms with E-state index in [0.29, 0.717) is 30.2 Å². The Morgan fingerprint density at radius 2 is 1.87 bits per heavy atom. The highest BCUT2D eigenvalue weighted by Gasteiger charge is 2.14. The Morgan fingerprint density at radius 1 is 1.09 bits per heavy atom. The van der Waals surface area contributed by atoms with E-state index in [2.05, 4.69) is 10.6 Å². The molecular formula is C16H18N2O5. The number of anilines is 1. The number of nitrogens with one attached hydrogen (secondary N) is 2. The number of hydrogen-bond acceptors (Lipinski definition) is 5. The molecule has 2 rings (SSSR count). The number of benzene rings is 1. The zero-order valence-electron chi connectivity index (χ0n) is 12.9. The van der Waals surface area contributed by atoms with Crippen LogP contribution < -0.4 is 20.1 Å². The molecule has 122 valence electrons. The summed E-state index contributed by atoms with van der Waals surface area (Å²) >= 11 is 0. The van der Waals surface area contributed by atoms with E-state index in [4.69, 9.17) is 13.9 Å². The summed E-state index contributed by atoms with van der Waals surface area (Å²) in [4.78, 5) is 23.6. The molecule has 0 aliphatic carbocycles. The van der Waals surface area contributed by atoms with Gasteiger partial charge in [0.25, 0.3) is 0 Å². The number of methoxy groups -OCH3 is 2. The lowest BCUT2D eigenvalue weighted by Gasteiger charge is -2.10. The largest absolute Gasteiger partial charge is 0.493 e. The van der Waals surface area contributed by atoms with Gasteiger partial charge in [-0.15, -0.1) is 0 Å². The van der Waals surface area contributed by atoms with Crippen molar-refractivity contribution in [3.8, 4) is 11.5 Å². The number of amides is 2. The lowest BCUT2D eigenvalue weighted by Crippen LogP contribution is -2.36. The van der Waals surface area contributed by atoms with E-state index in [9.17, 15) is 9.59 Å². The Balaban J connectivity index is 1.86. The molecule has 2 amide bonds. The highest BCUT2D eigenvalue weighted by Crippen LogP contribution is 2.29. The quantitative estimate of drug-likeness (QED) is 0.790. The molecule has 2 N–H and O–H groups in total. The molecule has 1 heterocycles. The van der Waals surface area contributed by atoms with E-state index >= 15 is 0 Å². The summed E-state index contributed by atoms with van der Waals surface area (Å²) in [5.74, 6) is -0.451. The normalized spacial score (nSPS) is 10.0. The first-order valence-corrected chi connectivity index (χ1v) is 6.96. The number of furan rings is 1. The Bertz CT molecular complexity index is 667. The molecule has 0 aliphatic rings. The monoisotopic (exact) mass is 318 g/mol. The number of rotatable bonds is 6. The van der Waals surface area contributed by atoms with E-state index in [1.807, 2.05) is 0 Å². The third-order valence-corrected chi connectivity index (χ3v) is 3.13. The predicted octanol–water partition coefficient (Wildman–Crippen LogP) is 1.59. The van der Waals surface area contributed by atoms with Crippen LogP contribution >= 0.6 is 0 Å². The van der Waals surface area contributed by atoms with Gasteiger partial charge in [0.15, 0.2) is 11.5 Å². The minimum Gasteiger partial charge on any atom is -0.493 e. The maximum absolute atomic E-state index is 11.8. The van der Waals surface area contributed by atoms with E-state index in [1.165, 1.54) is 14.2 Å². The average molecular weight is 318 g/mol. The summed E-state index contributed by atoms with van der Waals surface area (Å²) in [6, 6.07) is 6.65. The minimum atomic E-state index is -0.746. The van der Waals surface area contributed by atoms with E-state index < -0.39 is 11.8 Å². The molecule has 23 heavy (non-hydrogen) atoms. The highest BCUT2D eigenvalue weighted by atomic mass is 16.5. The van der Waals surface area contributed by atoms with Gasteiger partial charge in [0.1, 0.15) is 0 Å². The summed E-state index contributed by atoms with van der Waals surface area (Å²) in [6.45, 7) is 0.345. The lowest BCUT2D eigenvalue weighted by molar-refractivity contribution is -0.136. The summed E-state index contributed by atoms with van der Waals surface area (Å²) in [5, 5.41) is 5.05. The van der Waals surface area contributed by atoms with Crippen LogP contribution in [-0.2, 0) is 16.0 Å². The Labute approximate surface area is 133 Å². The first kappa shape index (κ1) is 16.4. The van der Waals surface area contributed by atoms with Crippen LogP contribution in [0.4, 0.5) is 5.69 Å². The molecule has 1 aromatic heterocycles. The second-order valence-electron chi connectivity index (χ2n) is 4.66. The summed E-state index contributed by atoms with van der Waals surface area (Å²) in [6.07, 6.45) is 3.74. The van der Waals surface area contributed by atoms with Gasteiger partial charge in [-0.2, -0.15) is 0 Å².